The number of benzene rings is 1. The summed E-state index contributed by atoms with van der Waals surface area (Å²) in [6, 6.07) is 6.77. The molecule has 0 fully saturated rings. The monoisotopic (exact) mass is 212 g/mol. The molecule has 0 amide bonds. The molecule has 0 radical (unpaired) electrons. The first-order valence-electron chi connectivity index (χ1n) is 3.46. The van der Waals surface area contributed by atoms with Crippen LogP contribution in [0.3, 0.4) is 0 Å². The molecule has 0 aromatic heterocycles. The van der Waals surface area contributed by atoms with Crippen molar-refractivity contribution < 1.29 is 0 Å². The molecule has 2 N–H and O–H groups in total. The number of halogens is 2. The van der Waals surface area contributed by atoms with Crippen LogP contribution < -0.4 is 5.73 Å². The Morgan fingerprint density at radius 3 is 2.77 bits per heavy atom. The maximum Gasteiger partial charge on any atom is 0.117 e. The van der Waals surface area contributed by atoms with Crippen LogP contribution in [-0.4, -0.2) is 0 Å². The minimum Gasteiger partial charge on any atom is -0.390 e. The van der Waals surface area contributed by atoms with E-state index in [-0.39, 0.29) is 5.70 Å². The van der Waals surface area contributed by atoms with Gasteiger partial charge in [-0.3, -0.25) is 0 Å². The molecule has 1 aromatic carbocycles. The Balaban J connectivity index is 3.16. The van der Waals surface area contributed by atoms with Crippen LogP contribution in [0.15, 0.2) is 23.9 Å². The Kier molecular flexibility index (Phi) is 3.18. The summed E-state index contributed by atoms with van der Waals surface area (Å²) in [5.74, 6) is 0. The highest BCUT2D eigenvalue weighted by Crippen LogP contribution is 2.22. The summed E-state index contributed by atoms with van der Waals surface area (Å²) in [5.41, 5.74) is 6.07. The lowest BCUT2D eigenvalue weighted by Gasteiger charge is -1.98. The van der Waals surface area contributed by atoms with Crippen molar-refractivity contribution >= 4 is 29.3 Å². The zero-order chi connectivity index (χ0) is 9.84. The van der Waals surface area contributed by atoms with Crippen LogP contribution in [0.25, 0.3) is 6.08 Å². The van der Waals surface area contributed by atoms with Crippen LogP contribution in [-0.2, 0) is 0 Å². The van der Waals surface area contributed by atoms with Crippen LogP contribution >= 0.6 is 23.2 Å². The molecule has 0 bridgehead atoms. The number of hydrogen-bond acceptors (Lipinski definition) is 2. The van der Waals surface area contributed by atoms with Crippen molar-refractivity contribution in [1.82, 2.24) is 0 Å². The molecule has 0 saturated carbocycles. The maximum atomic E-state index is 8.44. The highest BCUT2D eigenvalue weighted by atomic mass is 35.5. The van der Waals surface area contributed by atoms with E-state index < -0.39 is 0 Å². The largest absolute Gasteiger partial charge is 0.390 e. The number of rotatable bonds is 1. The minimum atomic E-state index is 0.101. The molecule has 66 valence electrons. The fourth-order valence-electron chi connectivity index (χ4n) is 0.825. The number of nitrogens with two attached hydrogens (primary N) is 1. The van der Waals surface area contributed by atoms with Gasteiger partial charge in [-0.25, -0.2) is 0 Å². The van der Waals surface area contributed by atoms with E-state index in [9.17, 15) is 0 Å². The van der Waals surface area contributed by atoms with Gasteiger partial charge in [-0.1, -0.05) is 23.2 Å². The molecule has 0 aliphatic heterocycles. The molecule has 0 unspecified atom stereocenters. The van der Waals surface area contributed by atoms with Crippen LogP contribution in [0.2, 0.25) is 10.0 Å². The van der Waals surface area contributed by atoms with Gasteiger partial charge >= 0.3 is 0 Å². The average Bonchev–Trinajstić information content (AvgIpc) is 2.11. The molecule has 0 heterocycles. The van der Waals surface area contributed by atoms with Gasteiger partial charge in [0.05, 0.1) is 0 Å². The standard InChI is InChI=1S/C9H6Cl2N2/c10-7-1-2-9(11)6(3-7)4-8(13)5-12/h1-4H,13H2/b8-4-. The lowest BCUT2D eigenvalue weighted by atomic mass is 10.2. The van der Waals surface area contributed by atoms with Gasteiger partial charge in [-0.15, -0.1) is 0 Å². The van der Waals surface area contributed by atoms with Crippen molar-refractivity contribution in [1.29, 1.82) is 5.26 Å². The first-order valence-corrected chi connectivity index (χ1v) is 4.21. The Morgan fingerprint density at radius 2 is 2.15 bits per heavy atom. The predicted molar refractivity (Wildman–Crippen MR) is 54.2 cm³/mol. The highest BCUT2D eigenvalue weighted by Gasteiger charge is 1.98. The van der Waals surface area contributed by atoms with E-state index in [2.05, 4.69) is 0 Å². The zero-order valence-electron chi connectivity index (χ0n) is 6.59. The molecule has 4 heteroatoms. The molecule has 0 aliphatic carbocycles. The van der Waals surface area contributed by atoms with E-state index in [0.29, 0.717) is 15.6 Å². The van der Waals surface area contributed by atoms with Gasteiger partial charge in [-0.2, -0.15) is 5.26 Å². The van der Waals surface area contributed by atoms with E-state index >= 15 is 0 Å². The Bertz CT molecular complexity index is 391. The van der Waals surface area contributed by atoms with E-state index in [0.717, 1.165) is 0 Å². The molecule has 0 atom stereocenters. The molecular weight excluding hydrogens is 207 g/mol. The van der Waals surface area contributed by atoms with Crippen LogP contribution in [0.5, 0.6) is 0 Å². The number of hydrogen-bond donors (Lipinski definition) is 1. The van der Waals surface area contributed by atoms with Crippen molar-refractivity contribution in [2.45, 2.75) is 0 Å². The average molecular weight is 213 g/mol. The second-order valence-corrected chi connectivity index (χ2v) is 3.22. The molecule has 13 heavy (non-hydrogen) atoms. The molecule has 2 nitrogen and oxygen atoms in total. The molecule has 1 rings (SSSR count). The quantitative estimate of drug-likeness (QED) is 0.729. The fraction of sp³-hybridized carbons (Fsp3) is 0. The van der Waals surface area contributed by atoms with E-state index in [1.807, 2.05) is 0 Å². The van der Waals surface area contributed by atoms with Crippen molar-refractivity contribution in [3.63, 3.8) is 0 Å². The Labute approximate surface area is 86.2 Å². The number of allylic oxidation sites excluding steroid dienone is 1. The molecular formula is C9H6Cl2N2. The highest BCUT2D eigenvalue weighted by molar-refractivity contribution is 6.34. The van der Waals surface area contributed by atoms with Crippen molar-refractivity contribution in [2.24, 2.45) is 5.73 Å². The summed E-state index contributed by atoms with van der Waals surface area (Å²) in [6.07, 6.45) is 1.48. The third-order valence-electron chi connectivity index (χ3n) is 1.40. The molecule has 1 aromatic rings. The number of nitriles is 1. The van der Waals surface area contributed by atoms with Gasteiger partial charge in [-0.05, 0) is 29.8 Å². The van der Waals surface area contributed by atoms with E-state index in [1.54, 1.807) is 24.3 Å². The lowest BCUT2D eigenvalue weighted by Crippen LogP contribution is -1.92. The molecule has 0 aliphatic rings. The summed E-state index contributed by atoms with van der Waals surface area (Å²) in [7, 11) is 0. The second-order valence-electron chi connectivity index (χ2n) is 2.38. The van der Waals surface area contributed by atoms with Gasteiger partial charge in [0.15, 0.2) is 0 Å². The molecule has 0 saturated heterocycles. The summed E-state index contributed by atoms with van der Waals surface area (Å²) in [4.78, 5) is 0. The van der Waals surface area contributed by atoms with Crippen LogP contribution in [0.1, 0.15) is 5.56 Å². The first kappa shape index (κ1) is 9.91. The normalized spacial score (nSPS) is 11.0. The Hall–Kier alpha value is -1.17. The van der Waals surface area contributed by atoms with E-state index in [4.69, 9.17) is 34.2 Å². The van der Waals surface area contributed by atoms with Crippen LogP contribution in [0, 0.1) is 11.3 Å². The molecule has 0 spiro atoms. The smallest absolute Gasteiger partial charge is 0.117 e. The first-order chi connectivity index (χ1) is 6.13. The number of nitrogens with zero attached hydrogens (tertiary/aromatic N) is 1. The zero-order valence-corrected chi connectivity index (χ0v) is 8.10. The summed E-state index contributed by atoms with van der Waals surface area (Å²) < 4.78 is 0. The van der Waals surface area contributed by atoms with Gasteiger partial charge in [0.25, 0.3) is 0 Å². The Morgan fingerprint density at radius 1 is 1.46 bits per heavy atom. The third kappa shape index (κ3) is 2.66. The summed E-state index contributed by atoms with van der Waals surface area (Å²) in [6.45, 7) is 0. The minimum absolute atomic E-state index is 0.101. The predicted octanol–water partition coefficient (Wildman–Crippen LogP) is 2.82. The summed E-state index contributed by atoms with van der Waals surface area (Å²) >= 11 is 11.6. The lowest BCUT2D eigenvalue weighted by molar-refractivity contribution is 1.41. The second kappa shape index (κ2) is 4.18. The maximum absolute atomic E-state index is 8.44. The van der Waals surface area contributed by atoms with Gasteiger partial charge in [0.1, 0.15) is 11.8 Å². The fourth-order valence-corrected chi connectivity index (χ4v) is 1.18. The van der Waals surface area contributed by atoms with Gasteiger partial charge < -0.3 is 5.73 Å². The van der Waals surface area contributed by atoms with Crippen molar-refractivity contribution in [3.05, 3.63) is 39.5 Å². The topological polar surface area (TPSA) is 49.8 Å². The van der Waals surface area contributed by atoms with Crippen molar-refractivity contribution in [2.75, 3.05) is 0 Å². The van der Waals surface area contributed by atoms with Gasteiger partial charge in [0.2, 0.25) is 0 Å². The summed E-state index contributed by atoms with van der Waals surface area (Å²) in [5, 5.41) is 9.51. The van der Waals surface area contributed by atoms with Crippen LogP contribution in [0.4, 0.5) is 0 Å². The van der Waals surface area contributed by atoms with Gasteiger partial charge in [0, 0.05) is 10.0 Å². The third-order valence-corrected chi connectivity index (χ3v) is 1.98. The van der Waals surface area contributed by atoms with Crippen molar-refractivity contribution in [3.8, 4) is 6.07 Å². The van der Waals surface area contributed by atoms with E-state index in [1.165, 1.54) is 6.08 Å². The SMILES string of the molecule is N#C/C(N)=C/c1cc(Cl)ccc1Cl.